The second kappa shape index (κ2) is 3.70. The minimum absolute atomic E-state index is 0.131. The van der Waals surface area contributed by atoms with Crippen molar-refractivity contribution >= 4 is 17.4 Å². The molecular weight excluding hydrogens is 209 g/mol. The quantitative estimate of drug-likeness (QED) is 0.716. The van der Waals surface area contributed by atoms with Gasteiger partial charge in [-0.2, -0.15) is 0 Å². The molecule has 1 amide bonds. The van der Waals surface area contributed by atoms with E-state index in [1.165, 1.54) is 23.1 Å². The van der Waals surface area contributed by atoms with Crippen LogP contribution in [0.15, 0.2) is 18.2 Å². The number of ketones is 1. The van der Waals surface area contributed by atoms with E-state index in [9.17, 15) is 14.0 Å². The molecule has 1 aliphatic rings. The predicted molar refractivity (Wildman–Crippen MR) is 57.9 cm³/mol. The molecule has 16 heavy (non-hydrogen) atoms. The lowest BCUT2D eigenvalue weighted by Gasteiger charge is -2.18. The molecule has 0 N–H and O–H groups in total. The normalized spacial score (nSPS) is 14.9. The lowest BCUT2D eigenvalue weighted by atomic mass is 10.1. The molecule has 0 aliphatic carbocycles. The van der Waals surface area contributed by atoms with E-state index in [1.807, 2.05) is 13.8 Å². The predicted octanol–water partition coefficient (Wildman–Crippen LogP) is 2.01. The van der Waals surface area contributed by atoms with Gasteiger partial charge in [-0.3, -0.25) is 9.59 Å². The van der Waals surface area contributed by atoms with Crippen LogP contribution in [-0.4, -0.2) is 18.2 Å². The van der Waals surface area contributed by atoms with Gasteiger partial charge >= 0.3 is 0 Å². The smallest absolute Gasteiger partial charge is 0.299 e. The van der Waals surface area contributed by atoms with Crippen LogP contribution in [0.2, 0.25) is 0 Å². The van der Waals surface area contributed by atoms with E-state index in [1.54, 1.807) is 0 Å². The topological polar surface area (TPSA) is 37.4 Å². The van der Waals surface area contributed by atoms with Crippen LogP contribution in [-0.2, 0) is 4.79 Å². The summed E-state index contributed by atoms with van der Waals surface area (Å²) in [6.45, 7) is 4.19. The Morgan fingerprint density at radius 2 is 2.00 bits per heavy atom. The second-order valence-electron chi connectivity index (χ2n) is 4.27. The fraction of sp³-hybridized carbons (Fsp3) is 0.333. The minimum Gasteiger partial charge on any atom is -0.302 e. The van der Waals surface area contributed by atoms with Crippen molar-refractivity contribution in [3.63, 3.8) is 0 Å². The van der Waals surface area contributed by atoms with Crippen molar-refractivity contribution in [2.24, 2.45) is 5.92 Å². The SMILES string of the molecule is CC(C)CN1C(=O)C(=O)c2cccc(F)c21. The molecule has 1 aromatic rings. The molecule has 0 aromatic heterocycles. The van der Waals surface area contributed by atoms with Gasteiger partial charge in [0.25, 0.3) is 11.7 Å². The summed E-state index contributed by atoms with van der Waals surface area (Å²) < 4.78 is 13.6. The van der Waals surface area contributed by atoms with Crippen LogP contribution >= 0.6 is 0 Å². The van der Waals surface area contributed by atoms with E-state index >= 15 is 0 Å². The Labute approximate surface area is 92.9 Å². The average molecular weight is 221 g/mol. The van der Waals surface area contributed by atoms with Crippen LogP contribution in [0.3, 0.4) is 0 Å². The van der Waals surface area contributed by atoms with Crippen LogP contribution < -0.4 is 4.90 Å². The molecule has 2 rings (SSSR count). The zero-order valence-electron chi connectivity index (χ0n) is 9.16. The third-order valence-electron chi connectivity index (χ3n) is 2.49. The van der Waals surface area contributed by atoms with Gasteiger partial charge in [-0.1, -0.05) is 19.9 Å². The molecule has 0 unspecified atom stereocenters. The van der Waals surface area contributed by atoms with Crippen molar-refractivity contribution in [1.29, 1.82) is 0 Å². The summed E-state index contributed by atoms with van der Waals surface area (Å²) >= 11 is 0. The number of amides is 1. The molecule has 0 atom stereocenters. The summed E-state index contributed by atoms with van der Waals surface area (Å²) in [6, 6.07) is 4.19. The number of halogens is 1. The van der Waals surface area contributed by atoms with Crippen molar-refractivity contribution in [3.8, 4) is 0 Å². The van der Waals surface area contributed by atoms with Crippen LogP contribution in [0.25, 0.3) is 0 Å². The van der Waals surface area contributed by atoms with Gasteiger partial charge in [-0.25, -0.2) is 4.39 Å². The highest BCUT2D eigenvalue weighted by molar-refractivity contribution is 6.52. The van der Waals surface area contributed by atoms with E-state index in [0.29, 0.717) is 6.54 Å². The molecule has 0 bridgehead atoms. The summed E-state index contributed by atoms with van der Waals surface area (Å²) in [6.07, 6.45) is 0. The van der Waals surface area contributed by atoms with E-state index in [4.69, 9.17) is 0 Å². The first-order valence-electron chi connectivity index (χ1n) is 5.17. The van der Waals surface area contributed by atoms with Gasteiger partial charge in [0.15, 0.2) is 0 Å². The summed E-state index contributed by atoms with van der Waals surface area (Å²) in [5.41, 5.74) is 0.303. The van der Waals surface area contributed by atoms with Crippen LogP contribution in [0.4, 0.5) is 10.1 Å². The highest BCUT2D eigenvalue weighted by atomic mass is 19.1. The Hall–Kier alpha value is -1.71. The maximum atomic E-state index is 13.6. The number of hydrogen-bond acceptors (Lipinski definition) is 2. The molecule has 0 fully saturated rings. The molecular formula is C12H12FNO2. The number of Topliss-reactive ketones (excluding diaryl/α,β-unsaturated/α-hetero) is 1. The Kier molecular flexibility index (Phi) is 2.50. The van der Waals surface area contributed by atoms with E-state index in [2.05, 4.69) is 0 Å². The molecule has 1 aliphatic heterocycles. The molecule has 1 aromatic carbocycles. The number of para-hydroxylation sites is 1. The van der Waals surface area contributed by atoms with E-state index in [-0.39, 0.29) is 17.2 Å². The third kappa shape index (κ3) is 1.50. The molecule has 1 heterocycles. The minimum atomic E-state index is -0.631. The molecule has 0 saturated heterocycles. The zero-order valence-corrected chi connectivity index (χ0v) is 9.16. The molecule has 0 radical (unpaired) electrons. The van der Waals surface area contributed by atoms with Gasteiger partial charge in [0.2, 0.25) is 0 Å². The van der Waals surface area contributed by atoms with Gasteiger partial charge in [-0.05, 0) is 18.1 Å². The van der Waals surface area contributed by atoms with Crippen molar-refractivity contribution in [1.82, 2.24) is 0 Å². The van der Waals surface area contributed by atoms with Crippen molar-refractivity contribution < 1.29 is 14.0 Å². The maximum absolute atomic E-state index is 13.6. The maximum Gasteiger partial charge on any atom is 0.299 e. The highest BCUT2D eigenvalue weighted by Crippen LogP contribution is 2.31. The lowest BCUT2D eigenvalue weighted by Crippen LogP contribution is -2.33. The first kappa shape index (κ1) is 10.8. The highest BCUT2D eigenvalue weighted by Gasteiger charge is 2.37. The van der Waals surface area contributed by atoms with Crippen molar-refractivity contribution in [2.75, 3.05) is 11.4 Å². The molecule has 3 nitrogen and oxygen atoms in total. The standard InChI is InChI=1S/C12H12FNO2/c1-7(2)6-14-10-8(11(15)12(14)16)4-3-5-9(10)13/h3-5,7H,6H2,1-2H3. The van der Waals surface area contributed by atoms with Crippen LogP contribution in [0.1, 0.15) is 24.2 Å². The number of carbonyl (C=O) groups excluding carboxylic acids is 2. The van der Waals surface area contributed by atoms with Crippen LogP contribution in [0, 0.1) is 11.7 Å². The van der Waals surface area contributed by atoms with E-state index < -0.39 is 17.5 Å². The van der Waals surface area contributed by atoms with Gasteiger partial charge in [0.1, 0.15) is 5.82 Å². The average Bonchev–Trinajstić information content (AvgIpc) is 2.45. The zero-order chi connectivity index (χ0) is 11.9. The monoisotopic (exact) mass is 221 g/mol. The van der Waals surface area contributed by atoms with E-state index in [0.717, 1.165) is 0 Å². The number of anilines is 1. The Morgan fingerprint density at radius 1 is 1.31 bits per heavy atom. The second-order valence-corrected chi connectivity index (χ2v) is 4.27. The number of carbonyl (C=O) groups is 2. The molecule has 0 spiro atoms. The molecule has 0 saturated carbocycles. The molecule has 4 heteroatoms. The number of rotatable bonds is 2. The van der Waals surface area contributed by atoms with Gasteiger partial charge in [0.05, 0.1) is 11.3 Å². The Bertz CT molecular complexity index is 468. The number of hydrogen-bond donors (Lipinski definition) is 0. The van der Waals surface area contributed by atoms with Gasteiger partial charge < -0.3 is 4.90 Å². The first-order valence-corrected chi connectivity index (χ1v) is 5.17. The fourth-order valence-corrected chi connectivity index (χ4v) is 1.85. The Balaban J connectivity index is 2.51. The van der Waals surface area contributed by atoms with Crippen molar-refractivity contribution in [3.05, 3.63) is 29.6 Å². The third-order valence-corrected chi connectivity index (χ3v) is 2.49. The summed E-state index contributed by atoms with van der Waals surface area (Å²) in [5.74, 6) is -1.58. The number of benzene rings is 1. The van der Waals surface area contributed by atoms with Crippen molar-refractivity contribution in [2.45, 2.75) is 13.8 Å². The lowest BCUT2D eigenvalue weighted by molar-refractivity contribution is -0.114. The Morgan fingerprint density at radius 3 is 2.62 bits per heavy atom. The fourth-order valence-electron chi connectivity index (χ4n) is 1.85. The van der Waals surface area contributed by atoms with Gasteiger partial charge in [0, 0.05) is 6.54 Å². The summed E-state index contributed by atoms with van der Waals surface area (Å²) in [4.78, 5) is 24.5. The first-order chi connectivity index (χ1) is 7.52. The summed E-state index contributed by atoms with van der Waals surface area (Å²) in [5, 5.41) is 0. The summed E-state index contributed by atoms with van der Waals surface area (Å²) in [7, 11) is 0. The van der Waals surface area contributed by atoms with Crippen LogP contribution in [0.5, 0.6) is 0 Å². The van der Waals surface area contributed by atoms with Gasteiger partial charge in [-0.15, -0.1) is 0 Å². The molecule has 84 valence electrons. The number of fused-ring (bicyclic) bond motifs is 1. The largest absolute Gasteiger partial charge is 0.302 e. The number of nitrogens with zero attached hydrogens (tertiary/aromatic N) is 1.